The molecule has 1 aliphatic rings. The van der Waals surface area contributed by atoms with E-state index in [4.69, 9.17) is 4.74 Å². The van der Waals surface area contributed by atoms with Gasteiger partial charge < -0.3 is 15.2 Å². The standard InChI is InChI=1S/C19H20N2O4/c22-16-11-17(18(23)20-15-9-5-2-6-10-15)21(12-16)19(24)25-13-14-7-3-1-4-8-14/h1-10,16-17,22H,11-13H2,(H,20,23)/t16-,17-/m0/s1. The summed E-state index contributed by atoms with van der Waals surface area (Å²) in [6.45, 7) is 0.208. The first-order valence-electron chi connectivity index (χ1n) is 8.15. The van der Waals surface area contributed by atoms with Crippen LogP contribution in [0.5, 0.6) is 0 Å². The Hall–Kier alpha value is -2.86. The quantitative estimate of drug-likeness (QED) is 0.896. The third kappa shape index (κ3) is 4.36. The molecule has 1 aliphatic heterocycles. The number of anilines is 1. The predicted molar refractivity (Wildman–Crippen MR) is 92.8 cm³/mol. The molecular formula is C19H20N2O4. The lowest BCUT2D eigenvalue weighted by Crippen LogP contribution is -2.43. The molecule has 0 spiro atoms. The number of rotatable bonds is 4. The molecule has 6 heteroatoms. The molecule has 0 aliphatic carbocycles. The van der Waals surface area contributed by atoms with Crippen molar-refractivity contribution in [1.82, 2.24) is 4.90 Å². The Labute approximate surface area is 146 Å². The Kier molecular flexibility index (Phi) is 5.30. The monoisotopic (exact) mass is 340 g/mol. The number of para-hydroxylation sites is 1. The van der Waals surface area contributed by atoms with E-state index in [0.717, 1.165) is 5.56 Å². The molecule has 2 N–H and O–H groups in total. The van der Waals surface area contributed by atoms with Crippen LogP contribution >= 0.6 is 0 Å². The molecule has 2 aromatic carbocycles. The van der Waals surface area contributed by atoms with E-state index in [2.05, 4.69) is 5.32 Å². The number of aliphatic hydroxyl groups excluding tert-OH is 1. The highest BCUT2D eigenvalue weighted by molar-refractivity contribution is 5.96. The molecule has 0 radical (unpaired) electrons. The van der Waals surface area contributed by atoms with Crippen molar-refractivity contribution in [2.45, 2.75) is 25.2 Å². The molecule has 1 saturated heterocycles. The number of benzene rings is 2. The minimum Gasteiger partial charge on any atom is -0.445 e. The Morgan fingerprint density at radius 3 is 2.40 bits per heavy atom. The first-order chi connectivity index (χ1) is 12.1. The van der Waals surface area contributed by atoms with E-state index in [1.54, 1.807) is 12.1 Å². The zero-order valence-electron chi connectivity index (χ0n) is 13.7. The van der Waals surface area contributed by atoms with Crippen molar-refractivity contribution in [2.24, 2.45) is 0 Å². The normalized spacial score (nSPS) is 19.5. The maximum Gasteiger partial charge on any atom is 0.410 e. The molecule has 0 aromatic heterocycles. The number of hydrogen-bond acceptors (Lipinski definition) is 4. The van der Waals surface area contributed by atoms with Crippen LogP contribution in [-0.4, -0.2) is 40.7 Å². The van der Waals surface area contributed by atoms with Gasteiger partial charge in [-0.3, -0.25) is 9.69 Å². The highest BCUT2D eigenvalue weighted by atomic mass is 16.6. The number of amides is 2. The largest absolute Gasteiger partial charge is 0.445 e. The fourth-order valence-corrected chi connectivity index (χ4v) is 2.81. The topological polar surface area (TPSA) is 78.9 Å². The first-order valence-corrected chi connectivity index (χ1v) is 8.15. The highest BCUT2D eigenvalue weighted by Crippen LogP contribution is 2.21. The summed E-state index contributed by atoms with van der Waals surface area (Å²) in [6.07, 6.45) is -1.15. The average molecular weight is 340 g/mol. The fourth-order valence-electron chi connectivity index (χ4n) is 2.81. The van der Waals surface area contributed by atoms with Crippen LogP contribution < -0.4 is 5.32 Å². The van der Waals surface area contributed by atoms with Crippen LogP contribution in [0.25, 0.3) is 0 Å². The zero-order valence-corrected chi connectivity index (χ0v) is 13.7. The number of likely N-dealkylation sites (tertiary alicyclic amines) is 1. The Bertz CT molecular complexity index is 721. The predicted octanol–water partition coefficient (Wildman–Crippen LogP) is 2.40. The molecule has 3 rings (SSSR count). The molecule has 2 aromatic rings. The number of aliphatic hydroxyl groups is 1. The number of hydrogen-bond donors (Lipinski definition) is 2. The summed E-state index contributed by atoms with van der Waals surface area (Å²) >= 11 is 0. The van der Waals surface area contributed by atoms with E-state index < -0.39 is 18.2 Å². The number of ether oxygens (including phenoxy) is 1. The van der Waals surface area contributed by atoms with Crippen molar-refractivity contribution >= 4 is 17.7 Å². The van der Waals surface area contributed by atoms with Crippen molar-refractivity contribution in [2.75, 3.05) is 11.9 Å². The smallest absolute Gasteiger partial charge is 0.410 e. The molecule has 1 heterocycles. The molecule has 0 saturated carbocycles. The van der Waals surface area contributed by atoms with Crippen LogP contribution in [-0.2, 0) is 16.1 Å². The van der Waals surface area contributed by atoms with Crippen molar-refractivity contribution in [3.63, 3.8) is 0 Å². The second-order valence-corrected chi connectivity index (χ2v) is 5.95. The number of nitrogens with one attached hydrogen (secondary N) is 1. The summed E-state index contributed by atoms with van der Waals surface area (Å²) in [7, 11) is 0. The van der Waals surface area contributed by atoms with E-state index in [1.807, 2.05) is 48.5 Å². The van der Waals surface area contributed by atoms with E-state index in [-0.39, 0.29) is 25.5 Å². The van der Waals surface area contributed by atoms with Crippen LogP contribution in [0.15, 0.2) is 60.7 Å². The third-order valence-electron chi connectivity index (χ3n) is 4.06. The van der Waals surface area contributed by atoms with Gasteiger partial charge in [-0.15, -0.1) is 0 Å². The molecule has 25 heavy (non-hydrogen) atoms. The summed E-state index contributed by atoms with van der Waals surface area (Å²) in [4.78, 5) is 26.1. The van der Waals surface area contributed by atoms with Gasteiger partial charge in [0.1, 0.15) is 12.6 Å². The second-order valence-electron chi connectivity index (χ2n) is 5.95. The third-order valence-corrected chi connectivity index (χ3v) is 4.06. The zero-order chi connectivity index (χ0) is 17.6. The van der Waals surface area contributed by atoms with Crippen LogP contribution in [0.3, 0.4) is 0 Å². The molecular weight excluding hydrogens is 320 g/mol. The van der Waals surface area contributed by atoms with E-state index in [9.17, 15) is 14.7 Å². The SMILES string of the molecule is O=C(Nc1ccccc1)[C@@H]1C[C@H](O)CN1C(=O)OCc1ccccc1. The van der Waals surface area contributed by atoms with Crippen LogP contribution in [0.4, 0.5) is 10.5 Å². The summed E-state index contributed by atoms with van der Waals surface area (Å²) in [5.41, 5.74) is 1.51. The molecule has 0 unspecified atom stereocenters. The van der Waals surface area contributed by atoms with Gasteiger partial charge in [-0.2, -0.15) is 0 Å². The van der Waals surface area contributed by atoms with Crippen LogP contribution in [0, 0.1) is 0 Å². The first kappa shape index (κ1) is 17.0. The average Bonchev–Trinajstić information content (AvgIpc) is 3.03. The number of carbonyl (C=O) groups is 2. The summed E-state index contributed by atoms with van der Waals surface area (Å²) in [6, 6.07) is 17.6. The minimum atomic E-state index is -0.751. The number of nitrogens with zero attached hydrogens (tertiary/aromatic N) is 1. The van der Waals surface area contributed by atoms with Gasteiger partial charge in [0.25, 0.3) is 0 Å². The maximum atomic E-state index is 12.5. The number of carbonyl (C=O) groups excluding carboxylic acids is 2. The van der Waals surface area contributed by atoms with Gasteiger partial charge in [-0.1, -0.05) is 48.5 Å². The summed E-state index contributed by atoms with van der Waals surface area (Å²) in [5.74, 6) is -0.334. The van der Waals surface area contributed by atoms with Crippen molar-refractivity contribution in [3.8, 4) is 0 Å². The van der Waals surface area contributed by atoms with E-state index in [0.29, 0.717) is 5.69 Å². The maximum absolute atomic E-state index is 12.5. The van der Waals surface area contributed by atoms with Gasteiger partial charge >= 0.3 is 6.09 Å². The number of β-amino-alcohol motifs (C(OH)–C–C–N with tert-alkyl or cyclic N) is 1. The van der Waals surface area contributed by atoms with Gasteiger partial charge in [0.2, 0.25) is 5.91 Å². The molecule has 0 bridgehead atoms. The molecule has 130 valence electrons. The highest BCUT2D eigenvalue weighted by Gasteiger charge is 2.39. The summed E-state index contributed by atoms with van der Waals surface area (Å²) in [5, 5.41) is 12.7. The Morgan fingerprint density at radius 2 is 1.72 bits per heavy atom. The summed E-state index contributed by atoms with van der Waals surface area (Å²) < 4.78 is 5.29. The minimum absolute atomic E-state index is 0.0838. The van der Waals surface area contributed by atoms with E-state index in [1.165, 1.54) is 4.90 Å². The Morgan fingerprint density at radius 1 is 1.08 bits per heavy atom. The van der Waals surface area contributed by atoms with Gasteiger partial charge in [0.05, 0.1) is 12.6 Å². The lowest BCUT2D eigenvalue weighted by atomic mass is 10.2. The van der Waals surface area contributed by atoms with Crippen molar-refractivity contribution in [1.29, 1.82) is 0 Å². The lowest BCUT2D eigenvalue weighted by Gasteiger charge is -2.23. The van der Waals surface area contributed by atoms with Crippen molar-refractivity contribution in [3.05, 3.63) is 66.2 Å². The lowest BCUT2D eigenvalue weighted by molar-refractivity contribution is -0.120. The molecule has 2 atom stereocenters. The van der Waals surface area contributed by atoms with Gasteiger partial charge in [0.15, 0.2) is 0 Å². The van der Waals surface area contributed by atoms with Gasteiger partial charge in [-0.05, 0) is 17.7 Å². The van der Waals surface area contributed by atoms with Crippen LogP contribution in [0.1, 0.15) is 12.0 Å². The molecule has 6 nitrogen and oxygen atoms in total. The Balaban J connectivity index is 1.62. The van der Waals surface area contributed by atoms with Crippen molar-refractivity contribution < 1.29 is 19.4 Å². The van der Waals surface area contributed by atoms with Gasteiger partial charge in [-0.25, -0.2) is 4.79 Å². The fraction of sp³-hybridized carbons (Fsp3) is 0.263. The van der Waals surface area contributed by atoms with E-state index >= 15 is 0 Å². The van der Waals surface area contributed by atoms with Crippen LogP contribution in [0.2, 0.25) is 0 Å². The second kappa shape index (κ2) is 7.81. The molecule has 2 amide bonds. The van der Waals surface area contributed by atoms with Gasteiger partial charge in [0, 0.05) is 12.1 Å². The molecule has 1 fully saturated rings.